The van der Waals surface area contributed by atoms with Crippen LogP contribution in [0.25, 0.3) is 0 Å². The summed E-state index contributed by atoms with van der Waals surface area (Å²) < 4.78 is 28.1. The fourth-order valence-electron chi connectivity index (χ4n) is 2.00. The smallest absolute Gasteiger partial charge is 0.255 e. The summed E-state index contributed by atoms with van der Waals surface area (Å²) in [4.78, 5) is 12.1. The Kier molecular flexibility index (Phi) is 4.93. The van der Waals surface area contributed by atoms with Crippen molar-refractivity contribution in [2.45, 2.75) is 11.8 Å². The third-order valence-corrected chi connectivity index (χ3v) is 4.34. The molecule has 0 fully saturated rings. The van der Waals surface area contributed by atoms with Crippen LogP contribution in [0.4, 0.5) is 5.69 Å². The average Bonchev–Trinajstić information content (AvgIpc) is 2.48. The molecule has 8 heteroatoms. The molecule has 23 heavy (non-hydrogen) atoms. The number of nitrogens with one attached hydrogen (secondary N) is 1. The fraction of sp³-hybridized carbons (Fsp3) is 0.133. The Morgan fingerprint density at radius 2 is 1.91 bits per heavy atom. The van der Waals surface area contributed by atoms with Crippen molar-refractivity contribution in [1.29, 1.82) is 0 Å². The summed E-state index contributed by atoms with van der Waals surface area (Å²) in [6, 6.07) is 9.03. The van der Waals surface area contributed by atoms with E-state index in [9.17, 15) is 13.2 Å². The van der Waals surface area contributed by atoms with Crippen molar-refractivity contribution in [3.05, 3.63) is 52.5 Å². The van der Waals surface area contributed by atoms with E-state index in [1.807, 2.05) is 0 Å². The summed E-state index contributed by atoms with van der Waals surface area (Å²) in [6.07, 6.45) is 0. The number of hydrogen-bond acceptors (Lipinski definition) is 4. The molecule has 2 aromatic rings. The molecular weight excluding hydrogens is 340 g/mol. The Bertz CT molecular complexity index is 866. The van der Waals surface area contributed by atoms with Gasteiger partial charge in [-0.15, -0.1) is 0 Å². The number of primary sulfonamides is 1. The van der Waals surface area contributed by atoms with Crippen molar-refractivity contribution in [1.82, 2.24) is 0 Å². The van der Waals surface area contributed by atoms with E-state index in [0.717, 1.165) is 5.56 Å². The second kappa shape index (κ2) is 6.57. The lowest BCUT2D eigenvalue weighted by atomic mass is 10.1. The highest BCUT2D eigenvalue weighted by Gasteiger charge is 2.18. The molecule has 6 nitrogen and oxygen atoms in total. The van der Waals surface area contributed by atoms with Crippen molar-refractivity contribution >= 4 is 33.2 Å². The molecule has 0 aliphatic rings. The largest absolute Gasteiger partial charge is 0.495 e. The predicted octanol–water partition coefficient (Wildman–Crippen LogP) is 2.56. The van der Waals surface area contributed by atoms with Gasteiger partial charge < -0.3 is 10.1 Å². The van der Waals surface area contributed by atoms with Gasteiger partial charge >= 0.3 is 0 Å². The number of nitrogens with two attached hydrogens (primary N) is 1. The highest BCUT2D eigenvalue weighted by atomic mass is 35.5. The van der Waals surface area contributed by atoms with Gasteiger partial charge in [0.15, 0.2) is 0 Å². The number of methoxy groups -OCH3 is 1. The molecule has 2 rings (SSSR count). The second-order valence-corrected chi connectivity index (χ2v) is 6.79. The number of hydrogen-bond donors (Lipinski definition) is 2. The third-order valence-electron chi connectivity index (χ3n) is 3.17. The van der Waals surface area contributed by atoms with Crippen LogP contribution in [0, 0.1) is 6.92 Å². The fourth-order valence-corrected chi connectivity index (χ4v) is 2.95. The number of ether oxygens (including phenoxy) is 1. The molecular formula is C15H15ClN2O4S. The van der Waals surface area contributed by atoms with E-state index in [0.29, 0.717) is 10.7 Å². The number of carbonyl (C=O) groups excluding carboxylic acids is 1. The van der Waals surface area contributed by atoms with E-state index >= 15 is 0 Å². The molecule has 1 amide bonds. The van der Waals surface area contributed by atoms with Crippen LogP contribution < -0.4 is 15.2 Å². The van der Waals surface area contributed by atoms with Gasteiger partial charge in [0, 0.05) is 16.3 Å². The summed E-state index contributed by atoms with van der Waals surface area (Å²) in [5, 5.41) is 8.39. The molecule has 0 saturated heterocycles. The minimum Gasteiger partial charge on any atom is -0.495 e. The van der Waals surface area contributed by atoms with Crippen LogP contribution in [0.2, 0.25) is 5.02 Å². The van der Waals surface area contributed by atoms with Gasteiger partial charge in [-0.1, -0.05) is 11.6 Å². The van der Waals surface area contributed by atoms with Crippen LogP contribution in [-0.4, -0.2) is 21.4 Å². The summed E-state index contributed by atoms with van der Waals surface area (Å²) in [5.74, 6) is -0.394. The molecule has 122 valence electrons. The number of carbonyl (C=O) groups is 1. The molecule has 0 bridgehead atoms. The SMILES string of the molecule is COc1ccc(C(=O)Nc2ccc(Cl)cc2C)cc1S(N)(=O)=O. The molecule has 0 unspecified atom stereocenters. The van der Waals surface area contributed by atoms with Crippen molar-refractivity contribution in [2.75, 3.05) is 12.4 Å². The molecule has 2 aromatic carbocycles. The van der Waals surface area contributed by atoms with Crippen molar-refractivity contribution in [3.8, 4) is 5.75 Å². The molecule has 0 spiro atoms. The number of sulfonamides is 1. The molecule has 0 radical (unpaired) electrons. The number of halogens is 1. The summed E-state index contributed by atoms with van der Waals surface area (Å²) in [7, 11) is -2.69. The molecule has 0 atom stereocenters. The Morgan fingerprint density at radius 1 is 1.22 bits per heavy atom. The molecule has 0 saturated carbocycles. The van der Waals surface area contributed by atoms with Gasteiger partial charge in [0.05, 0.1) is 7.11 Å². The van der Waals surface area contributed by atoms with E-state index in [-0.39, 0.29) is 16.2 Å². The van der Waals surface area contributed by atoms with Crippen LogP contribution in [0.3, 0.4) is 0 Å². The summed E-state index contributed by atoms with van der Waals surface area (Å²) in [6.45, 7) is 1.80. The van der Waals surface area contributed by atoms with Crippen LogP contribution in [-0.2, 0) is 10.0 Å². The van der Waals surface area contributed by atoms with Crippen LogP contribution in [0.5, 0.6) is 5.75 Å². The second-order valence-electron chi connectivity index (χ2n) is 4.82. The standard InChI is InChI=1S/C15H15ClN2O4S/c1-9-7-11(16)4-5-12(9)18-15(19)10-3-6-13(22-2)14(8-10)23(17,20)21/h3-8H,1-2H3,(H,18,19)(H2,17,20,21). The minimum absolute atomic E-state index is 0.0757. The lowest BCUT2D eigenvalue weighted by Gasteiger charge is -2.11. The zero-order valence-electron chi connectivity index (χ0n) is 12.5. The van der Waals surface area contributed by atoms with Gasteiger partial charge in [-0.05, 0) is 48.9 Å². The molecule has 0 aromatic heterocycles. The van der Waals surface area contributed by atoms with Crippen LogP contribution in [0.15, 0.2) is 41.3 Å². The zero-order chi connectivity index (χ0) is 17.2. The van der Waals surface area contributed by atoms with Crippen LogP contribution in [0.1, 0.15) is 15.9 Å². The van der Waals surface area contributed by atoms with Crippen molar-refractivity contribution < 1.29 is 17.9 Å². The lowest BCUT2D eigenvalue weighted by molar-refractivity contribution is 0.102. The average molecular weight is 355 g/mol. The first-order valence-corrected chi connectivity index (χ1v) is 8.43. The molecule has 0 aliphatic carbocycles. The maximum absolute atomic E-state index is 12.3. The highest BCUT2D eigenvalue weighted by molar-refractivity contribution is 7.89. The first kappa shape index (κ1) is 17.3. The van der Waals surface area contributed by atoms with Crippen molar-refractivity contribution in [3.63, 3.8) is 0 Å². The van der Waals surface area contributed by atoms with E-state index in [1.54, 1.807) is 25.1 Å². The van der Waals surface area contributed by atoms with Gasteiger partial charge in [-0.25, -0.2) is 13.6 Å². The van der Waals surface area contributed by atoms with E-state index < -0.39 is 15.9 Å². The first-order valence-electron chi connectivity index (χ1n) is 6.50. The Labute approximate surface area is 139 Å². The van der Waals surface area contributed by atoms with Crippen LogP contribution >= 0.6 is 11.6 Å². The monoisotopic (exact) mass is 354 g/mol. The van der Waals surface area contributed by atoms with Gasteiger partial charge in [0.2, 0.25) is 10.0 Å². The minimum atomic E-state index is -4.01. The maximum Gasteiger partial charge on any atom is 0.255 e. The summed E-state index contributed by atoms with van der Waals surface area (Å²) in [5.41, 5.74) is 1.50. The van der Waals surface area contributed by atoms with Crippen molar-refractivity contribution in [2.24, 2.45) is 5.14 Å². The maximum atomic E-state index is 12.3. The van der Waals surface area contributed by atoms with E-state index in [2.05, 4.69) is 5.32 Å². The first-order chi connectivity index (χ1) is 10.7. The number of amides is 1. The van der Waals surface area contributed by atoms with E-state index in [4.69, 9.17) is 21.5 Å². The highest BCUT2D eigenvalue weighted by Crippen LogP contribution is 2.25. The number of benzene rings is 2. The van der Waals surface area contributed by atoms with E-state index in [1.165, 1.54) is 25.3 Å². The Morgan fingerprint density at radius 3 is 2.48 bits per heavy atom. The van der Waals surface area contributed by atoms with Gasteiger partial charge in [-0.2, -0.15) is 0 Å². The lowest BCUT2D eigenvalue weighted by Crippen LogP contribution is -2.17. The van der Waals surface area contributed by atoms with Gasteiger partial charge in [-0.3, -0.25) is 4.79 Å². The van der Waals surface area contributed by atoms with Gasteiger partial charge in [0.1, 0.15) is 10.6 Å². The number of rotatable bonds is 4. The molecule has 0 aliphatic heterocycles. The quantitative estimate of drug-likeness (QED) is 0.881. The number of aryl methyl sites for hydroxylation is 1. The Balaban J connectivity index is 2.36. The topological polar surface area (TPSA) is 98.5 Å². The number of anilines is 1. The predicted molar refractivity (Wildman–Crippen MR) is 88.5 cm³/mol. The molecule has 3 N–H and O–H groups in total. The van der Waals surface area contributed by atoms with Gasteiger partial charge in [0.25, 0.3) is 5.91 Å². The molecule has 0 heterocycles. The normalized spacial score (nSPS) is 11.1. The zero-order valence-corrected chi connectivity index (χ0v) is 14.0. The Hall–Kier alpha value is -2.09. The summed E-state index contributed by atoms with van der Waals surface area (Å²) >= 11 is 5.87. The third kappa shape index (κ3) is 4.01.